The SMILES string of the molecule is CC(Oc1ccc(Oc2ncc(C(F)(F)F)cc2Cl)cc1)C(=O)OCC(=O)CCl. The van der Waals surface area contributed by atoms with Crippen molar-refractivity contribution in [3.63, 3.8) is 0 Å². The van der Waals surface area contributed by atoms with E-state index in [2.05, 4.69) is 4.98 Å². The van der Waals surface area contributed by atoms with Gasteiger partial charge in [0, 0.05) is 6.20 Å². The predicted molar refractivity (Wildman–Crippen MR) is 97.5 cm³/mol. The van der Waals surface area contributed by atoms with E-state index in [1.54, 1.807) is 0 Å². The minimum Gasteiger partial charge on any atom is -0.479 e. The average molecular weight is 452 g/mol. The molecule has 2 rings (SSSR count). The zero-order chi connectivity index (χ0) is 21.6. The number of carbonyl (C=O) groups excluding carboxylic acids is 2. The molecule has 0 amide bonds. The first-order chi connectivity index (χ1) is 13.6. The number of esters is 1. The van der Waals surface area contributed by atoms with Crippen LogP contribution in [0.4, 0.5) is 13.2 Å². The van der Waals surface area contributed by atoms with Crippen molar-refractivity contribution in [1.29, 1.82) is 0 Å². The normalized spacial score (nSPS) is 12.2. The van der Waals surface area contributed by atoms with Gasteiger partial charge in [0.25, 0.3) is 0 Å². The highest BCUT2D eigenvalue weighted by Crippen LogP contribution is 2.34. The molecule has 0 saturated carbocycles. The Morgan fingerprint density at radius 2 is 1.79 bits per heavy atom. The van der Waals surface area contributed by atoms with Crippen molar-refractivity contribution >= 4 is 35.0 Å². The number of halogens is 5. The molecular formula is C18H14Cl2F3NO5. The molecule has 0 aliphatic rings. The summed E-state index contributed by atoms with van der Waals surface area (Å²) in [6.45, 7) is 0.994. The monoisotopic (exact) mass is 451 g/mol. The summed E-state index contributed by atoms with van der Waals surface area (Å²) in [6.07, 6.45) is -4.94. The van der Waals surface area contributed by atoms with E-state index < -0.39 is 36.2 Å². The number of Topliss-reactive ketones (excluding diaryl/α,β-unsaturated/α-hetero) is 1. The fourth-order valence-electron chi connectivity index (χ4n) is 1.91. The molecule has 0 saturated heterocycles. The number of nitrogens with zero attached hydrogens (tertiary/aromatic N) is 1. The Labute approximate surface area is 173 Å². The molecular weight excluding hydrogens is 438 g/mol. The lowest BCUT2D eigenvalue weighted by Crippen LogP contribution is -2.28. The van der Waals surface area contributed by atoms with Gasteiger partial charge in [-0.05, 0) is 37.3 Å². The molecule has 6 nitrogen and oxygen atoms in total. The van der Waals surface area contributed by atoms with Gasteiger partial charge in [0.15, 0.2) is 18.5 Å². The van der Waals surface area contributed by atoms with Crippen LogP contribution in [-0.2, 0) is 20.5 Å². The first-order valence-electron chi connectivity index (χ1n) is 8.01. The van der Waals surface area contributed by atoms with Crippen molar-refractivity contribution in [3.05, 3.63) is 47.1 Å². The molecule has 1 unspecified atom stereocenters. The van der Waals surface area contributed by atoms with Crippen LogP contribution in [0, 0.1) is 0 Å². The van der Waals surface area contributed by atoms with Crippen molar-refractivity contribution in [2.24, 2.45) is 0 Å². The van der Waals surface area contributed by atoms with Gasteiger partial charge in [-0.1, -0.05) is 11.6 Å². The van der Waals surface area contributed by atoms with Gasteiger partial charge in [0.1, 0.15) is 16.5 Å². The standard InChI is InChI=1S/C18H14Cl2F3NO5/c1-10(17(26)27-9-12(25)7-19)28-13-2-4-14(5-3-13)29-16-15(20)6-11(8-24-16)18(21,22)23/h2-6,8,10H,7,9H2,1H3. The van der Waals surface area contributed by atoms with Crippen LogP contribution in [0.5, 0.6) is 17.4 Å². The van der Waals surface area contributed by atoms with Gasteiger partial charge in [0.05, 0.1) is 11.4 Å². The molecule has 29 heavy (non-hydrogen) atoms. The Hall–Kier alpha value is -2.52. The smallest absolute Gasteiger partial charge is 0.417 e. The Bertz CT molecular complexity index is 875. The van der Waals surface area contributed by atoms with Crippen LogP contribution in [0.1, 0.15) is 12.5 Å². The third-order valence-electron chi connectivity index (χ3n) is 3.34. The lowest BCUT2D eigenvalue weighted by atomic mass is 10.3. The molecule has 1 heterocycles. The molecule has 0 radical (unpaired) electrons. The predicted octanol–water partition coefficient (Wildman–Crippen LogP) is 4.66. The van der Waals surface area contributed by atoms with Crippen molar-refractivity contribution in [2.45, 2.75) is 19.2 Å². The molecule has 1 aromatic carbocycles. The number of hydrogen-bond donors (Lipinski definition) is 0. The number of hydrogen-bond acceptors (Lipinski definition) is 6. The van der Waals surface area contributed by atoms with E-state index in [4.69, 9.17) is 37.4 Å². The van der Waals surface area contributed by atoms with Crippen LogP contribution >= 0.6 is 23.2 Å². The third-order valence-corrected chi connectivity index (χ3v) is 3.91. The van der Waals surface area contributed by atoms with Crippen molar-refractivity contribution in [3.8, 4) is 17.4 Å². The fraction of sp³-hybridized carbons (Fsp3) is 0.278. The summed E-state index contributed by atoms with van der Waals surface area (Å²) >= 11 is 11.1. The molecule has 2 aromatic rings. The van der Waals surface area contributed by atoms with Gasteiger partial charge in [-0.3, -0.25) is 4.79 Å². The highest BCUT2D eigenvalue weighted by molar-refractivity contribution is 6.31. The topological polar surface area (TPSA) is 74.7 Å². The second-order valence-corrected chi connectivity index (χ2v) is 6.30. The first-order valence-corrected chi connectivity index (χ1v) is 8.93. The summed E-state index contributed by atoms with van der Waals surface area (Å²) in [5.74, 6) is -1.13. The van der Waals surface area contributed by atoms with Crippen LogP contribution < -0.4 is 9.47 Å². The summed E-state index contributed by atoms with van der Waals surface area (Å²) in [6, 6.07) is 6.52. The maximum Gasteiger partial charge on any atom is 0.417 e. The molecule has 0 fully saturated rings. The van der Waals surface area contributed by atoms with E-state index in [9.17, 15) is 22.8 Å². The van der Waals surface area contributed by atoms with Crippen LogP contribution in [-0.4, -0.2) is 35.3 Å². The zero-order valence-electron chi connectivity index (χ0n) is 14.8. The quantitative estimate of drug-likeness (QED) is 0.429. The van der Waals surface area contributed by atoms with E-state index in [0.717, 1.165) is 0 Å². The number of rotatable bonds is 8. The molecule has 0 N–H and O–H groups in total. The summed E-state index contributed by atoms with van der Waals surface area (Å²) in [4.78, 5) is 26.4. The molecule has 0 bridgehead atoms. The van der Waals surface area contributed by atoms with E-state index in [0.29, 0.717) is 12.3 Å². The fourth-order valence-corrected chi connectivity index (χ4v) is 2.20. The largest absolute Gasteiger partial charge is 0.479 e. The van der Waals surface area contributed by atoms with E-state index in [-0.39, 0.29) is 28.3 Å². The molecule has 1 atom stereocenters. The molecule has 0 spiro atoms. The minimum absolute atomic E-state index is 0.200. The molecule has 1 aromatic heterocycles. The van der Waals surface area contributed by atoms with Crippen LogP contribution in [0.2, 0.25) is 5.02 Å². The van der Waals surface area contributed by atoms with Crippen molar-refractivity contribution in [1.82, 2.24) is 4.98 Å². The molecule has 0 aliphatic heterocycles. The van der Waals surface area contributed by atoms with Gasteiger partial charge in [-0.25, -0.2) is 9.78 Å². The van der Waals surface area contributed by atoms with Crippen LogP contribution in [0.15, 0.2) is 36.5 Å². The van der Waals surface area contributed by atoms with Gasteiger partial charge in [-0.15, -0.1) is 11.6 Å². The first kappa shape index (κ1) is 22.8. The van der Waals surface area contributed by atoms with Crippen LogP contribution in [0.25, 0.3) is 0 Å². The van der Waals surface area contributed by atoms with Gasteiger partial charge in [0.2, 0.25) is 5.88 Å². The zero-order valence-corrected chi connectivity index (χ0v) is 16.3. The summed E-state index contributed by atoms with van der Waals surface area (Å²) in [7, 11) is 0. The summed E-state index contributed by atoms with van der Waals surface area (Å²) in [5.41, 5.74) is -0.993. The Balaban J connectivity index is 1.96. The number of benzene rings is 1. The number of pyridine rings is 1. The Morgan fingerprint density at radius 1 is 1.17 bits per heavy atom. The highest BCUT2D eigenvalue weighted by Gasteiger charge is 2.31. The molecule has 0 aliphatic carbocycles. The lowest BCUT2D eigenvalue weighted by Gasteiger charge is -2.14. The van der Waals surface area contributed by atoms with Gasteiger partial charge >= 0.3 is 12.1 Å². The lowest BCUT2D eigenvalue weighted by molar-refractivity contribution is -0.153. The van der Waals surface area contributed by atoms with Gasteiger partial charge < -0.3 is 14.2 Å². The third kappa shape index (κ3) is 6.79. The van der Waals surface area contributed by atoms with E-state index in [1.807, 2.05) is 0 Å². The van der Waals surface area contributed by atoms with E-state index in [1.165, 1.54) is 31.2 Å². The number of ketones is 1. The van der Waals surface area contributed by atoms with E-state index >= 15 is 0 Å². The van der Waals surface area contributed by atoms with Crippen molar-refractivity contribution < 1.29 is 37.0 Å². The number of carbonyl (C=O) groups is 2. The molecule has 156 valence electrons. The molecule has 11 heteroatoms. The second-order valence-electron chi connectivity index (χ2n) is 5.62. The van der Waals surface area contributed by atoms with Crippen molar-refractivity contribution in [2.75, 3.05) is 12.5 Å². The Morgan fingerprint density at radius 3 is 2.34 bits per heavy atom. The Kier molecular flexibility index (Phi) is 7.69. The summed E-state index contributed by atoms with van der Waals surface area (Å²) < 4.78 is 53.4. The summed E-state index contributed by atoms with van der Waals surface area (Å²) in [5, 5.41) is -0.303. The average Bonchev–Trinajstić information content (AvgIpc) is 2.67. The maximum atomic E-state index is 12.6. The number of alkyl halides is 4. The van der Waals surface area contributed by atoms with Crippen LogP contribution in [0.3, 0.4) is 0 Å². The second kappa shape index (κ2) is 9.80. The van der Waals surface area contributed by atoms with Gasteiger partial charge in [-0.2, -0.15) is 13.2 Å². The number of ether oxygens (including phenoxy) is 3. The minimum atomic E-state index is -4.57. The maximum absolute atomic E-state index is 12.6. The highest BCUT2D eigenvalue weighted by atomic mass is 35.5. The number of aromatic nitrogens is 1.